The SMILES string of the molecule is CC(C)=CCC[C@H](C)CC(O)O[Si](C)(C)C(C)(C)C. The molecule has 2 nitrogen and oxygen atoms in total. The van der Waals surface area contributed by atoms with Gasteiger partial charge in [-0.2, -0.15) is 0 Å². The monoisotopic (exact) mass is 286 g/mol. The molecule has 0 fully saturated rings. The van der Waals surface area contributed by atoms with Gasteiger partial charge in [0, 0.05) is 0 Å². The molecule has 1 N–H and O–H groups in total. The van der Waals surface area contributed by atoms with Crippen LogP contribution in [0, 0.1) is 5.92 Å². The molecule has 2 atom stereocenters. The van der Waals surface area contributed by atoms with Gasteiger partial charge in [-0.3, -0.25) is 0 Å². The van der Waals surface area contributed by atoms with Crippen LogP contribution in [0.1, 0.15) is 60.8 Å². The number of rotatable bonds is 7. The maximum absolute atomic E-state index is 10.1. The molecule has 19 heavy (non-hydrogen) atoms. The van der Waals surface area contributed by atoms with Crippen LogP contribution in [0.25, 0.3) is 0 Å². The van der Waals surface area contributed by atoms with Crippen LogP contribution >= 0.6 is 0 Å². The summed E-state index contributed by atoms with van der Waals surface area (Å²) in [6.45, 7) is 17.4. The first-order chi connectivity index (χ1) is 8.45. The minimum atomic E-state index is -1.85. The van der Waals surface area contributed by atoms with Crippen LogP contribution in [0.4, 0.5) is 0 Å². The van der Waals surface area contributed by atoms with E-state index >= 15 is 0 Å². The van der Waals surface area contributed by atoms with E-state index in [9.17, 15) is 5.11 Å². The van der Waals surface area contributed by atoms with E-state index in [1.807, 2.05) is 0 Å². The van der Waals surface area contributed by atoms with E-state index in [1.54, 1.807) is 0 Å². The summed E-state index contributed by atoms with van der Waals surface area (Å²) in [7, 11) is -1.85. The lowest BCUT2D eigenvalue weighted by Crippen LogP contribution is -2.44. The molecular formula is C16H34O2Si. The average molecular weight is 287 g/mol. The second-order valence-corrected chi connectivity index (χ2v) is 12.3. The minimum absolute atomic E-state index is 0.152. The number of allylic oxidation sites excluding steroid dienone is 2. The smallest absolute Gasteiger partial charge is 0.195 e. The van der Waals surface area contributed by atoms with Crippen LogP contribution < -0.4 is 0 Å². The second kappa shape index (κ2) is 7.60. The average Bonchev–Trinajstić information content (AvgIpc) is 2.13. The van der Waals surface area contributed by atoms with Crippen molar-refractivity contribution in [2.24, 2.45) is 5.92 Å². The Morgan fingerprint density at radius 3 is 2.21 bits per heavy atom. The Labute approximate surface area is 121 Å². The predicted octanol–water partition coefficient (Wildman–Crippen LogP) is 5.10. The Morgan fingerprint density at radius 1 is 1.26 bits per heavy atom. The third-order valence-corrected chi connectivity index (χ3v) is 8.53. The Balaban J connectivity index is 4.17. The van der Waals surface area contributed by atoms with Crippen molar-refractivity contribution in [3.05, 3.63) is 11.6 Å². The van der Waals surface area contributed by atoms with Gasteiger partial charge in [0.15, 0.2) is 8.32 Å². The fourth-order valence-electron chi connectivity index (χ4n) is 1.68. The van der Waals surface area contributed by atoms with Crippen molar-refractivity contribution in [3.8, 4) is 0 Å². The topological polar surface area (TPSA) is 29.5 Å². The van der Waals surface area contributed by atoms with Gasteiger partial charge >= 0.3 is 0 Å². The van der Waals surface area contributed by atoms with Crippen LogP contribution in [0.5, 0.6) is 0 Å². The molecule has 0 bridgehead atoms. The van der Waals surface area contributed by atoms with E-state index in [0.29, 0.717) is 5.92 Å². The zero-order valence-electron chi connectivity index (χ0n) is 14.2. The molecular weight excluding hydrogens is 252 g/mol. The van der Waals surface area contributed by atoms with E-state index in [0.717, 1.165) is 19.3 Å². The third kappa shape index (κ3) is 7.90. The number of aliphatic hydroxyl groups is 1. The van der Waals surface area contributed by atoms with Crippen molar-refractivity contribution < 1.29 is 9.53 Å². The molecule has 114 valence electrons. The fourth-order valence-corrected chi connectivity index (χ4v) is 2.81. The van der Waals surface area contributed by atoms with E-state index in [1.165, 1.54) is 5.57 Å². The highest BCUT2D eigenvalue weighted by atomic mass is 28.4. The van der Waals surface area contributed by atoms with Crippen LogP contribution in [0.2, 0.25) is 18.1 Å². The maximum Gasteiger partial charge on any atom is 0.195 e. The van der Waals surface area contributed by atoms with Crippen molar-refractivity contribution in [2.45, 2.75) is 85.2 Å². The molecule has 0 spiro atoms. The van der Waals surface area contributed by atoms with Gasteiger partial charge in [-0.1, -0.05) is 39.3 Å². The third-order valence-electron chi connectivity index (χ3n) is 4.05. The van der Waals surface area contributed by atoms with Crippen LogP contribution in [0.3, 0.4) is 0 Å². The molecule has 0 rings (SSSR count). The van der Waals surface area contributed by atoms with Gasteiger partial charge in [0.1, 0.15) is 6.29 Å². The summed E-state index contributed by atoms with van der Waals surface area (Å²) in [5, 5.41) is 10.3. The number of aliphatic hydroxyl groups excluding tert-OH is 1. The number of hydrogen-bond acceptors (Lipinski definition) is 2. The summed E-state index contributed by atoms with van der Waals surface area (Å²) in [6, 6.07) is 0. The predicted molar refractivity (Wildman–Crippen MR) is 86.7 cm³/mol. The first-order valence-electron chi connectivity index (χ1n) is 7.45. The highest BCUT2D eigenvalue weighted by Crippen LogP contribution is 2.37. The van der Waals surface area contributed by atoms with Crippen molar-refractivity contribution in [3.63, 3.8) is 0 Å². The first-order valence-corrected chi connectivity index (χ1v) is 10.4. The van der Waals surface area contributed by atoms with Gasteiger partial charge in [0.2, 0.25) is 0 Å². The molecule has 3 heteroatoms. The quantitative estimate of drug-likeness (QED) is 0.401. The molecule has 0 aromatic rings. The molecule has 0 heterocycles. The highest BCUT2D eigenvalue weighted by Gasteiger charge is 2.39. The summed E-state index contributed by atoms with van der Waals surface area (Å²) < 4.78 is 5.98. The van der Waals surface area contributed by atoms with Gasteiger partial charge in [-0.15, -0.1) is 0 Å². The van der Waals surface area contributed by atoms with Gasteiger partial charge in [0.05, 0.1) is 0 Å². The molecule has 1 unspecified atom stereocenters. The standard InChI is InChI=1S/C16H34O2Si/c1-13(2)10-9-11-14(3)12-15(17)18-19(7,8)16(4,5)6/h10,14-15,17H,9,11-12H2,1-8H3/t14-,15?/m0/s1. The lowest BCUT2D eigenvalue weighted by molar-refractivity contribution is -0.0437. The van der Waals surface area contributed by atoms with E-state index in [4.69, 9.17) is 4.43 Å². The van der Waals surface area contributed by atoms with Gasteiger partial charge < -0.3 is 9.53 Å². The molecule has 0 aliphatic carbocycles. The van der Waals surface area contributed by atoms with Crippen molar-refractivity contribution in [1.82, 2.24) is 0 Å². The Kier molecular flexibility index (Phi) is 7.55. The van der Waals surface area contributed by atoms with Crippen molar-refractivity contribution >= 4 is 8.32 Å². The van der Waals surface area contributed by atoms with Gasteiger partial charge in [-0.05, 0) is 57.2 Å². The summed E-state index contributed by atoms with van der Waals surface area (Å²) >= 11 is 0. The molecule has 0 aliphatic heterocycles. The Hall–Kier alpha value is -0.123. The largest absolute Gasteiger partial charge is 0.392 e. The highest BCUT2D eigenvalue weighted by molar-refractivity contribution is 6.74. The normalized spacial score (nSPS) is 16.1. The second-order valence-electron chi connectivity index (χ2n) is 7.53. The zero-order chi connectivity index (χ0) is 15.3. The van der Waals surface area contributed by atoms with Gasteiger partial charge in [0.25, 0.3) is 0 Å². The lowest BCUT2D eigenvalue weighted by Gasteiger charge is -2.38. The van der Waals surface area contributed by atoms with E-state index in [-0.39, 0.29) is 5.04 Å². The lowest BCUT2D eigenvalue weighted by atomic mass is 10.0. The first kappa shape index (κ1) is 18.9. The summed E-state index contributed by atoms with van der Waals surface area (Å²) in [6.07, 6.45) is 4.60. The molecule has 0 amide bonds. The van der Waals surface area contributed by atoms with E-state index in [2.05, 4.69) is 60.7 Å². The fraction of sp³-hybridized carbons (Fsp3) is 0.875. The summed E-state index contributed by atoms with van der Waals surface area (Å²) in [5.41, 5.74) is 1.37. The molecule has 0 saturated heterocycles. The van der Waals surface area contributed by atoms with Crippen LogP contribution in [-0.2, 0) is 4.43 Å². The summed E-state index contributed by atoms with van der Waals surface area (Å²) in [5.74, 6) is 0.496. The van der Waals surface area contributed by atoms with E-state index < -0.39 is 14.6 Å². The molecule has 0 saturated carbocycles. The van der Waals surface area contributed by atoms with Crippen molar-refractivity contribution in [1.29, 1.82) is 0 Å². The molecule has 0 aromatic heterocycles. The Morgan fingerprint density at radius 2 is 1.79 bits per heavy atom. The molecule has 0 aromatic carbocycles. The van der Waals surface area contributed by atoms with Gasteiger partial charge in [-0.25, -0.2) is 0 Å². The van der Waals surface area contributed by atoms with Crippen LogP contribution in [0.15, 0.2) is 11.6 Å². The summed E-state index contributed by atoms with van der Waals surface area (Å²) in [4.78, 5) is 0. The van der Waals surface area contributed by atoms with Crippen molar-refractivity contribution in [2.75, 3.05) is 0 Å². The zero-order valence-corrected chi connectivity index (χ0v) is 15.2. The molecule has 0 radical (unpaired) electrons. The Bertz CT molecular complexity index is 286. The number of hydrogen-bond donors (Lipinski definition) is 1. The molecule has 0 aliphatic rings. The maximum atomic E-state index is 10.1. The van der Waals surface area contributed by atoms with Crippen LogP contribution in [-0.4, -0.2) is 19.7 Å². The minimum Gasteiger partial charge on any atom is -0.392 e.